The van der Waals surface area contributed by atoms with E-state index in [4.69, 9.17) is 15.3 Å². The van der Waals surface area contributed by atoms with Gasteiger partial charge in [-0.1, -0.05) is 60.3 Å². The van der Waals surface area contributed by atoms with Gasteiger partial charge in [-0.05, 0) is 67.8 Å². The molecular weight excluding hydrogens is 490 g/mol. The summed E-state index contributed by atoms with van der Waals surface area (Å²) in [5.74, 6) is 0.712. The molecule has 2 atom stereocenters. The van der Waals surface area contributed by atoms with Crippen LogP contribution in [0.1, 0.15) is 37.3 Å². The molecule has 4 aromatic rings. The number of carbonyl (C=O) groups is 1. The van der Waals surface area contributed by atoms with Crippen molar-refractivity contribution in [1.29, 1.82) is 5.26 Å². The van der Waals surface area contributed by atoms with Gasteiger partial charge in [0.15, 0.2) is 5.82 Å². The summed E-state index contributed by atoms with van der Waals surface area (Å²) in [5, 5.41) is 14.2. The van der Waals surface area contributed by atoms with Crippen molar-refractivity contribution in [2.24, 2.45) is 5.92 Å². The van der Waals surface area contributed by atoms with Crippen LogP contribution >= 0.6 is 0 Å². The summed E-state index contributed by atoms with van der Waals surface area (Å²) < 4.78 is 5.84. The molecule has 3 aromatic carbocycles. The number of nitrogens with two attached hydrogens (primary N) is 1. The molecule has 0 amide bonds. The number of benzene rings is 3. The Labute approximate surface area is 228 Å². The van der Waals surface area contributed by atoms with Gasteiger partial charge >= 0.3 is 5.97 Å². The Kier molecular flexibility index (Phi) is 7.90. The second-order valence-electron chi connectivity index (χ2n) is 9.68. The minimum absolute atomic E-state index is 0.000910. The zero-order valence-corrected chi connectivity index (χ0v) is 21.9. The molecule has 198 valence electrons. The molecule has 2 unspecified atom stereocenters. The van der Waals surface area contributed by atoms with Gasteiger partial charge in [-0.25, -0.2) is 4.79 Å². The van der Waals surface area contributed by atoms with Gasteiger partial charge in [-0.15, -0.1) is 5.10 Å². The first kappa shape index (κ1) is 26.0. The van der Waals surface area contributed by atoms with Gasteiger partial charge in [-0.3, -0.25) is 4.90 Å². The van der Waals surface area contributed by atoms with Crippen molar-refractivity contribution in [3.8, 4) is 28.8 Å². The maximum absolute atomic E-state index is 13.2. The van der Waals surface area contributed by atoms with E-state index in [1.54, 1.807) is 24.3 Å². The lowest BCUT2D eigenvalue weighted by Gasteiger charge is -2.38. The molecule has 1 aliphatic rings. The molecule has 1 aliphatic heterocycles. The number of anilines is 1. The number of para-hydroxylation sites is 1. The van der Waals surface area contributed by atoms with Crippen LogP contribution in [0.3, 0.4) is 0 Å². The number of nitrogen functional groups attached to an aromatic ring is 1. The second kappa shape index (κ2) is 11.8. The molecule has 0 saturated carbocycles. The number of rotatable bonds is 8. The summed E-state index contributed by atoms with van der Waals surface area (Å²) in [4.78, 5) is 22.2. The SMILES string of the molecule is CCC1CC(C(=O)On2nc(-c3ccc(Oc4ccccc4)cc3)c(C#N)c2N)CCN1Cc1ccccc1. The number of hydrogen-bond donors (Lipinski definition) is 1. The van der Waals surface area contributed by atoms with Crippen LogP contribution in [0.4, 0.5) is 5.82 Å². The van der Waals surface area contributed by atoms with Gasteiger partial charge in [0.1, 0.15) is 28.8 Å². The average Bonchev–Trinajstić information content (AvgIpc) is 3.29. The molecule has 0 radical (unpaired) electrons. The average molecular weight is 522 g/mol. The summed E-state index contributed by atoms with van der Waals surface area (Å²) in [7, 11) is 0. The third-order valence-electron chi connectivity index (χ3n) is 7.16. The minimum atomic E-state index is -0.385. The second-order valence-corrected chi connectivity index (χ2v) is 9.68. The molecule has 0 spiro atoms. The van der Waals surface area contributed by atoms with Gasteiger partial charge in [0.05, 0.1) is 5.92 Å². The molecule has 2 heterocycles. The van der Waals surface area contributed by atoms with Crippen LogP contribution < -0.4 is 15.3 Å². The van der Waals surface area contributed by atoms with Crippen LogP contribution in [0, 0.1) is 17.2 Å². The third-order valence-corrected chi connectivity index (χ3v) is 7.16. The lowest BCUT2D eigenvalue weighted by atomic mass is 9.89. The normalized spacial score (nSPS) is 17.3. The van der Waals surface area contributed by atoms with Gasteiger partial charge < -0.3 is 15.3 Å². The highest BCUT2D eigenvalue weighted by atomic mass is 16.7. The number of carbonyl (C=O) groups excluding carboxylic acids is 1. The van der Waals surface area contributed by atoms with E-state index in [-0.39, 0.29) is 29.3 Å². The molecule has 8 nitrogen and oxygen atoms in total. The summed E-state index contributed by atoms with van der Waals surface area (Å²) in [6.07, 6.45) is 2.32. The standard InChI is InChI=1S/C31H31N5O3/c1-2-25-19-24(17-18-35(25)21-22-9-5-3-6-10-22)31(37)39-36-30(33)28(20-32)29(34-36)23-13-15-27(16-14-23)38-26-11-7-4-8-12-26/h3-16,24-25H,2,17-19,21,33H2,1H3. The highest BCUT2D eigenvalue weighted by molar-refractivity contribution is 5.75. The highest BCUT2D eigenvalue weighted by Gasteiger charge is 2.33. The molecule has 8 heteroatoms. The number of ether oxygens (including phenoxy) is 1. The van der Waals surface area contributed by atoms with Crippen molar-refractivity contribution < 1.29 is 14.4 Å². The van der Waals surface area contributed by atoms with E-state index in [2.05, 4.69) is 35.1 Å². The Morgan fingerprint density at radius 2 is 1.69 bits per heavy atom. The van der Waals surface area contributed by atoms with E-state index in [0.717, 1.165) is 30.1 Å². The van der Waals surface area contributed by atoms with Crippen LogP contribution in [0.2, 0.25) is 0 Å². The molecule has 1 aromatic heterocycles. The van der Waals surface area contributed by atoms with Gasteiger partial charge in [0, 0.05) is 18.2 Å². The van der Waals surface area contributed by atoms with E-state index in [0.29, 0.717) is 29.8 Å². The molecule has 2 N–H and O–H groups in total. The van der Waals surface area contributed by atoms with E-state index >= 15 is 0 Å². The molecule has 39 heavy (non-hydrogen) atoms. The fourth-order valence-corrected chi connectivity index (χ4v) is 5.02. The van der Waals surface area contributed by atoms with Crippen molar-refractivity contribution in [2.75, 3.05) is 12.3 Å². The Morgan fingerprint density at radius 3 is 2.36 bits per heavy atom. The molecule has 1 saturated heterocycles. The third kappa shape index (κ3) is 5.95. The van der Waals surface area contributed by atoms with Crippen molar-refractivity contribution >= 4 is 11.8 Å². The minimum Gasteiger partial charge on any atom is -0.457 e. The maximum atomic E-state index is 13.2. The summed E-state index contributed by atoms with van der Waals surface area (Å²) in [5.41, 5.74) is 8.62. The lowest BCUT2D eigenvalue weighted by molar-refractivity contribution is -0.153. The quantitative estimate of drug-likeness (QED) is 0.329. The van der Waals surface area contributed by atoms with Crippen LogP contribution in [-0.2, 0) is 11.3 Å². The summed E-state index contributed by atoms with van der Waals surface area (Å²) >= 11 is 0. The van der Waals surface area contributed by atoms with Crippen molar-refractivity contribution in [3.05, 3.63) is 96.1 Å². The molecule has 0 aliphatic carbocycles. The number of piperidine rings is 1. The number of hydrogen-bond acceptors (Lipinski definition) is 7. The van der Waals surface area contributed by atoms with E-state index in [9.17, 15) is 10.1 Å². The monoisotopic (exact) mass is 521 g/mol. The largest absolute Gasteiger partial charge is 0.457 e. The molecule has 5 rings (SSSR count). The lowest BCUT2D eigenvalue weighted by Crippen LogP contribution is -2.45. The van der Waals surface area contributed by atoms with Crippen LogP contribution in [0.15, 0.2) is 84.9 Å². The summed E-state index contributed by atoms with van der Waals surface area (Å²) in [6.45, 7) is 3.80. The zero-order chi connectivity index (χ0) is 27.2. The van der Waals surface area contributed by atoms with Crippen LogP contribution in [-0.4, -0.2) is 33.4 Å². The molecule has 1 fully saturated rings. The van der Waals surface area contributed by atoms with Crippen molar-refractivity contribution in [1.82, 2.24) is 14.8 Å². The number of likely N-dealkylation sites (tertiary alicyclic amines) is 1. The maximum Gasteiger partial charge on any atom is 0.338 e. The first-order valence-electron chi connectivity index (χ1n) is 13.2. The Bertz CT molecular complexity index is 1450. The van der Waals surface area contributed by atoms with Gasteiger partial charge in [0.25, 0.3) is 0 Å². The van der Waals surface area contributed by atoms with Crippen LogP contribution in [0.25, 0.3) is 11.3 Å². The van der Waals surface area contributed by atoms with Gasteiger partial charge in [-0.2, -0.15) is 5.26 Å². The Balaban J connectivity index is 1.26. The molecular formula is C31H31N5O3. The Morgan fingerprint density at radius 1 is 1.03 bits per heavy atom. The first-order valence-corrected chi connectivity index (χ1v) is 13.2. The molecule has 0 bridgehead atoms. The zero-order valence-electron chi connectivity index (χ0n) is 21.9. The van der Waals surface area contributed by atoms with Crippen LogP contribution in [0.5, 0.6) is 11.5 Å². The fraction of sp³-hybridized carbons (Fsp3) is 0.258. The van der Waals surface area contributed by atoms with Crippen molar-refractivity contribution in [2.45, 2.75) is 38.8 Å². The summed E-state index contributed by atoms with van der Waals surface area (Å²) in [6, 6.07) is 29.4. The predicted octanol–water partition coefficient (Wildman–Crippen LogP) is 5.44. The van der Waals surface area contributed by atoms with E-state index in [1.807, 2.05) is 48.5 Å². The predicted molar refractivity (Wildman–Crippen MR) is 149 cm³/mol. The van der Waals surface area contributed by atoms with E-state index in [1.165, 1.54) is 5.56 Å². The smallest absolute Gasteiger partial charge is 0.338 e. The highest BCUT2D eigenvalue weighted by Crippen LogP contribution is 2.30. The Hall–Kier alpha value is -4.61. The fourth-order valence-electron chi connectivity index (χ4n) is 5.02. The van der Waals surface area contributed by atoms with E-state index < -0.39 is 0 Å². The van der Waals surface area contributed by atoms with Crippen molar-refractivity contribution in [3.63, 3.8) is 0 Å². The van der Waals surface area contributed by atoms with Gasteiger partial charge in [0.2, 0.25) is 0 Å². The number of nitrogens with zero attached hydrogens (tertiary/aromatic N) is 4. The topological polar surface area (TPSA) is 106 Å². The number of aromatic nitrogens is 2. The number of nitriles is 1. The first-order chi connectivity index (χ1) is 19.1.